The van der Waals surface area contributed by atoms with Gasteiger partial charge in [-0.3, -0.25) is 10.1 Å². The minimum Gasteiger partial charge on any atom is -0.508 e. The fourth-order valence-corrected chi connectivity index (χ4v) is 1.95. The van der Waals surface area contributed by atoms with Crippen LogP contribution in [0, 0.1) is 0 Å². The van der Waals surface area contributed by atoms with Crippen molar-refractivity contribution in [1.82, 2.24) is 10.6 Å². The summed E-state index contributed by atoms with van der Waals surface area (Å²) in [6, 6.07) is 13.1. The number of hydrogen-bond acceptors (Lipinski definition) is 5. The molecule has 7 heteroatoms. The first-order valence-electron chi connectivity index (χ1n) is 7.09. The number of carbonyl (C=O) groups excluding carboxylic acids is 3. The first-order chi connectivity index (χ1) is 11.5. The maximum Gasteiger partial charge on any atom is 0.339 e. The van der Waals surface area contributed by atoms with Gasteiger partial charge in [0.05, 0.1) is 5.56 Å². The Morgan fingerprint density at radius 3 is 2.38 bits per heavy atom. The van der Waals surface area contributed by atoms with Crippen molar-refractivity contribution in [2.75, 3.05) is 7.05 Å². The number of amides is 3. The van der Waals surface area contributed by atoms with Crippen molar-refractivity contribution in [3.8, 4) is 5.75 Å². The van der Waals surface area contributed by atoms with E-state index in [2.05, 4.69) is 10.6 Å². The van der Waals surface area contributed by atoms with Crippen LogP contribution in [0.15, 0.2) is 54.6 Å². The van der Waals surface area contributed by atoms with Gasteiger partial charge in [-0.1, -0.05) is 36.4 Å². The van der Waals surface area contributed by atoms with E-state index < -0.39 is 24.0 Å². The van der Waals surface area contributed by atoms with Gasteiger partial charge >= 0.3 is 12.0 Å². The zero-order valence-electron chi connectivity index (χ0n) is 12.9. The van der Waals surface area contributed by atoms with Crippen LogP contribution in [0.1, 0.15) is 22.0 Å². The fraction of sp³-hybridized carbons (Fsp3) is 0.118. The van der Waals surface area contributed by atoms with Gasteiger partial charge < -0.3 is 15.2 Å². The summed E-state index contributed by atoms with van der Waals surface area (Å²) in [4.78, 5) is 35.8. The van der Waals surface area contributed by atoms with E-state index in [9.17, 15) is 19.5 Å². The van der Waals surface area contributed by atoms with E-state index in [-0.39, 0.29) is 11.3 Å². The molecule has 0 spiro atoms. The molecule has 0 bridgehead atoms. The standard InChI is InChI=1S/C17H16N2O5/c1-18-17(23)19-15(21)14(11-6-3-2-4-7-11)24-16(22)12-8-5-9-13(20)10-12/h2-10,14,20H,1H3,(H2,18,19,21,23). The van der Waals surface area contributed by atoms with E-state index in [1.165, 1.54) is 31.3 Å². The first-order valence-corrected chi connectivity index (χ1v) is 7.09. The van der Waals surface area contributed by atoms with Crippen molar-refractivity contribution in [2.45, 2.75) is 6.10 Å². The largest absolute Gasteiger partial charge is 0.508 e. The van der Waals surface area contributed by atoms with Crippen LogP contribution in [0.25, 0.3) is 0 Å². The summed E-state index contributed by atoms with van der Waals surface area (Å²) in [6.07, 6.45) is -1.31. The number of ether oxygens (including phenoxy) is 1. The Balaban J connectivity index is 2.24. The van der Waals surface area contributed by atoms with E-state index in [0.29, 0.717) is 5.56 Å². The van der Waals surface area contributed by atoms with Crippen molar-refractivity contribution in [1.29, 1.82) is 0 Å². The molecule has 2 aromatic carbocycles. The van der Waals surface area contributed by atoms with Crippen LogP contribution in [0.4, 0.5) is 4.79 Å². The second-order valence-corrected chi connectivity index (χ2v) is 4.81. The van der Waals surface area contributed by atoms with Crippen molar-refractivity contribution in [3.63, 3.8) is 0 Å². The average Bonchev–Trinajstić information content (AvgIpc) is 2.59. The summed E-state index contributed by atoms with van der Waals surface area (Å²) in [5, 5.41) is 13.8. The first kappa shape index (κ1) is 17.0. The summed E-state index contributed by atoms with van der Waals surface area (Å²) in [5.74, 6) is -1.68. The van der Waals surface area contributed by atoms with Crippen LogP contribution < -0.4 is 10.6 Å². The lowest BCUT2D eigenvalue weighted by molar-refractivity contribution is -0.129. The molecule has 24 heavy (non-hydrogen) atoms. The molecule has 0 radical (unpaired) electrons. The molecule has 0 fully saturated rings. The van der Waals surface area contributed by atoms with Crippen molar-refractivity contribution in [2.24, 2.45) is 0 Å². The van der Waals surface area contributed by atoms with E-state index >= 15 is 0 Å². The van der Waals surface area contributed by atoms with E-state index in [1.807, 2.05) is 0 Å². The number of benzene rings is 2. The average molecular weight is 328 g/mol. The third kappa shape index (κ3) is 4.33. The fourth-order valence-electron chi connectivity index (χ4n) is 1.95. The molecular formula is C17H16N2O5. The molecule has 0 heterocycles. The summed E-state index contributed by atoms with van der Waals surface area (Å²) < 4.78 is 5.24. The molecule has 2 aromatic rings. The minimum atomic E-state index is -1.31. The normalized spacial score (nSPS) is 11.2. The summed E-state index contributed by atoms with van der Waals surface area (Å²) >= 11 is 0. The molecule has 124 valence electrons. The molecule has 0 aliphatic carbocycles. The van der Waals surface area contributed by atoms with Crippen LogP contribution in [0.3, 0.4) is 0 Å². The van der Waals surface area contributed by atoms with E-state index in [4.69, 9.17) is 4.74 Å². The Hall–Kier alpha value is -3.35. The highest BCUT2D eigenvalue weighted by atomic mass is 16.5. The molecule has 1 unspecified atom stereocenters. The van der Waals surface area contributed by atoms with Gasteiger partial charge in [-0.05, 0) is 18.2 Å². The minimum absolute atomic E-state index is 0.0867. The van der Waals surface area contributed by atoms with Gasteiger partial charge in [0.1, 0.15) is 5.75 Å². The molecule has 0 saturated carbocycles. The van der Waals surface area contributed by atoms with Gasteiger partial charge in [-0.2, -0.15) is 0 Å². The summed E-state index contributed by atoms with van der Waals surface area (Å²) in [6.45, 7) is 0. The smallest absolute Gasteiger partial charge is 0.339 e. The number of imide groups is 1. The van der Waals surface area contributed by atoms with Crippen molar-refractivity contribution >= 4 is 17.9 Å². The maximum absolute atomic E-state index is 12.2. The van der Waals surface area contributed by atoms with Gasteiger partial charge in [0, 0.05) is 12.6 Å². The van der Waals surface area contributed by atoms with Crippen LogP contribution in [-0.4, -0.2) is 30.1 Å². The highest BCUT2D eigenvalue weighted by Gasteiger charge is 2.27. The number of nitrogens with one attached hydrogen (secondary N) is 2. The second kappa shape index (κ2) is 7.77. The Morgan fingerprint density at radius 2 is 1.75 bits per heavy atom. The SMILES string of the molecule is CNC(=O)NC(=O)C(OC(=O)c1cccc(O)c1)c1ccccc1. The number of esters is 1. The number of rotatable bonds is 4. The molecule has 0 aromatic heterocycles. The van der Waals surface area contributed by atoms with Crippen LogP contribution in [0.5, 0.6) is 5.75 Å². The zero-order valence-corrected chi connectivity index (χ0v) is 12.9. The monoisotopic (exact) mass is 328 g/mol. The third-order valence-corrected chi connectivity index (χ3v) is 3.11. The Kier molecular flexibility index (Phi) is 5.51. The molecule has 0 aliphatic heterocycles. The Morgan fingerprint density at radius 1 is 1.04 bits per heavy atom. The molecule has 2 rings (SSSR count). The summed E-state index contributed by atoms with van der Waals surface area (Å²) in [7, 11) is 1.36. The lowest BCUT2D eigenvalue weighted by Gasteiger charge is -2.17. The number of urea groups is 1. The van der Waals surface area contributed by atoms with Crippen LogP contribution in [0.2, 0.25) is 0 Å². The number of carbonyl (C=O) groups is 3. The van der Waals surface area contributed by atoms with Crippen LogP contribution >= 0.6 is 0 Å². The molecular weight excluding hydrogens is 312 g/mol. The predicted molar refractivity (Wildman–Crippen MR) is 85.3 cm³/mol. The number of hydrogen-bond donors (Lipinski definition) is 3. The van der Waals surface area contributed by atoms with E-state index in [1.54, 1.807) is 30.3 Å². The lowest BCUT2D eigenvalue weighted by Crippen LogP contribution is -2.41. The molecule has 7 nitrogen and oxygen atoms in total. The van der Waals surface area contributed by atoms with Gasteiger partial charge in [0.25, 0.3) is 5.91 Å². The maximum atomic E-state index is 12.2. The molecule has 1 atom stereocenters. The van der Waals surface area contributed by atoms with Gasteiger partial charge in [0.15, 0.2) is 0 Å². The zero-order chi connectivity index (χ0) is 17.5. The van der Waals surface area contributed by atoms with Crippen LogP contribution in [-0.2, 0) is 9.53 Å². The molecule has 0 aliphatic rings. The number of phenols is 1. The highest BCUT2D eigenvalue weighted by molar-refractivity contribution is 5.99. The van der Waals surface area contributed by atoms with Crippen molar-refractivity contribution < 1.29 is 24.2 Å². The molecule has 3 amide bonds. The Bertz CT molecular complexity index is 746. The van der Waals surface area contributed by atoms with Gasteiger partial charge in [-0.15, -0.1) is 0 Å². The third-order valence-electron chi connectivity index (χ3n) is 3.11. The Labute approximate surface area is 138 Å². The molecule has 3 N–H and O–H groups in total. The highest BCUT2D eigenvalue weighted by Crippen LogP contribution is 2.21. The van der Waals surface area contributed by atoms with Gasteiger partial charge in [0.2, 0.25) is 6.10 Å². The summed E-state index contributed by atoms with van der Waals surface area (Å²) in [5.41, 5.74) is 0.496. The number of aromatic hydroxyl groups is 1. The molecule has 0 saturated heterocycles. The second-order valence-electron chi connectivity index (χ2n) is 4.81. The van der Waals surface area contributed by atoms with Gasteiger partial charge in [-0.25, -0.2) is 9.59 Å². The van der Waals surface area contributed by atoms with Crippen molar-refractivity contribution in [3.05, 3.63) is 65.7 Å². The predicted octanol–water partition coefficient (Wildman–Crippen LogP) is 1.75. The lowest BCUT2D eigenvalue weighted by atomic mass is 10.1. The topological polar surface area (TPSA) is 105 Å². The quantitative estimate of drug-likeness (QED) is 0.742. The van der Waals surface area contributed by atoms with E-state index in [0.717, 1.165) is 0 Å². The number of phenolic OH excluding ortho intramolecular Hbond substituents is 1.